The third kappa shape index (κ3) is 2.54. The average Bonchev–Trinajstić information content (AvgIpc) is 2.07. The molecule has 0 aliphatic carbocycles. The predicted molar refractivity (Wildman–Crippen MR) is 59.9 cm³/mol. The van der Waals surface area contributed by atoms with Crippen LogP contribution in [0.4, 0.5) is 5.69 Å². The molecule has 1 aromatic rings. The summed E-state index contributed by atoms with van der Waals surface area (Å²) in [6, 6.07) is 5.17. The van der Waals surface area contributed by atoms with Gasteiger partial charge in [0.25, 0.3) is 5.69 Å². The maximum Gasteiger partial charge on any atom is 0.272 e. The van der Waals surface area contributed by atoms with Gasteiger partial charge in [-0.3, -0.25) is 10.1 Å². The number of nitro groups is 1. The lowest BCUT2D eigenvalue weighted by Crippen LogP contribution is -2.03. The van der Waals surface area contributed by atoms with Crippen molar-refractivity contribution < 1.29 is 4.92 Å². The fourth-order valence-electron chi connectivity index (χ4n) is 1.40. The average molecular weight is 258 g/mol. The van der Waals surface area contributed by atoms with E-state index in [4.69, 9.17) is 0 Å². The molecule has 0 heterocycles. The van der Waals surface area contributed by atoms with E-state index in [0.717, 1.165) is 11.1 Å². The summed E-state index contributed by atoms with van der Waals surface area (Å²) < 4.78 is 0. The van der Waals surface area contributed by atoms with Crippen LogP contribution in [0.5, 0.6) is 0 Å². The minimum absolute atomic E-state index is 0.219. The molecule has 0 amide bonds. The molecule has 0 radical (unpaired) electrons. The van der Waals surface area contributed by atoms with Crippen molar-refractivity contribution in [1.29, 1.82) is 0 Å². The minimum Gasteiger partial charge on any atom is -0.258 e. The molecule has 3 nitrogen and oxygen atoms in total. The van der Waals surface area contributed by atoms with Crippen molar-refractivity contribution in [3.05, 3.63) is 39.4 Å². The van der Waals surface area contributed by atoms with E-state index in [1.54, 1.807) is 12.1 Å². The molecule has 0 bridgehead atoms. The fourth-order valence-corrected chi connectivity index (χ4v) is 1.73. The molecular formula is C10H12BrNO2. The number of alkyl halides is 1. The molecule has 0 saturated heterocycles. The second kappa shape index (κ2) is 4.55. The first-order valence-corrected chi connectivity index (χ1v) is 5.31. The molecule has 14 heavy (non-hydrogen) atoms. The van der Waals surface area contributed by atoms with Crippen molar-refractivity contribution in [3.8, 4) is 0 Å². The van der Waals surface area contributed by atoms with Crippen LogP contribution >= 0.6 is 15.9 Å². The summed E-state index contributed by atoms with van der Waals surface area (Å²) in [5.41, 5.74) is 2.02. The molecule has 4 heteroatoms. The van der Waals surface area contributed by atoms with Gasteiger partial charge >= 0.3 is 0 Å². The number of aryl methyl sites for hydroxylation is 1. The molecule has 0 spiro atoms. The second-order valence-electron chi connectivity index (χ2n) is 3.31. The molecule has 1 atom stereocenters. The number of nitrogens with zero attached hydrogens (tertiary/aromatic N) is 1. The highest BCUT2D eigenvalue weighted by Crippen LogP contribution is 2.24. The van der Waals surface area contributed by atoms with Gasteiger partial charge in [-0.1, -0.05) is 35.0 Å². The van der Waals surface area contributed by atoms with Crippen LogP contribution in [0.1, 0.15) is 18.1 Å². The van der Waals surface area contributed by atoms with E-state index < -0.39 is 0 Å². The summed E-state index contributed by atoms with van der Waals surface area (Å²) in [7, 11) is 0. The van der Waals surface area contributed by atoms with Gasteiger partial charge in [-0.15, -0.1) is 0 Å². The van der Waals surface area contributed by atoms with Crippen molar-refractivity contribution in [2.45, 2.75) is 25.1 Å². The first-order chi connectivity index (χ1) is 6.52. The standard InChI is InChI=1S/C10H12BrNO2/c1-7-4-3-5-10(12(13)14)9(7)6-8(2)11/h3-5,8H,6H2,1-2H3. The van der Waals surface area contributed by atoms with E-state index in [1.807, 2.05) is 19.9 Å². The van der Waals surface area contributed by atoms with Gasteiger partial charge in [0, 0.05) is 16.5 Å². The third-order valence-corrected chi connectivity index (χ3v) is 2.39. The molecule has 76 valence electrons. The van der Waals surface area contributed by atoms with E-state index in [2.05, 4.69) is 15.9 Å². The number of benzene rings is 1. The van der Waals surface area contributed by atoms with Crippen LogP contribution in [0.3, 0.4) is 0 Å². The van der Waals surface area contributed by atoms with Crippen molar-refractivity contribution in [3.63, 3.8) is 0 Å². The maximum absolute atomic E-state index is 10.7. The van der Waals surface area contributed by atoms with Crippen molar-refractivity contribution >= 4 is 21.6 Å². The van der Waals surface area contributed by atoms with E-state index in [0.29, 0.717) is 6.42 Å². The Bertz CT molecular complexity index is 350. The van der Waals surface area contributed by atoms with E-state index in [9.17, 15) is 10.1 Å². The molecule has 1 aromatic carbocycles. The van der Waals surface area contributed by atoms with E-state index in [-0.39, 0.29) is 15.4 Å². The van der Waals surface area contributed by atoms with Gasteiger partial charge in [0.2, 0.25) is 0 Å². The molecule has 0 aliphatic heterocycles. The number of hydrogen-bond donors (Lipinski definition) is 0. The summed E-state index contributed by atoms with van der Waals surface area (Å²) >= 11 is 3.41. The Hall–Kier alpha value is -0.900. The normalized spacial score (nSPS) is 12.5. The molecule has 0 aliphatic rings. The molecule has 0 fully saturated rings. The topological polar surface area (TPSA) is 43.1 Å². The van der Waals surface area contributed by atoms with Crippen LogP contribution in [0.25, 0.3) is 0 Å². The maximum atomic E-state index is 10.7. The summed E-state index contributed by atoms with van der Waals surface area (Å²) in [6.07, 6.45) is 0.684. The molecule has 0 saturated carbocycles. The Morgan fingerprint density at radius 1 is 1.57 bits per heavy atom. The van der Waals surface area contributed by atoms with Crippen LogP contribution in [0.2, 0.25) is 0 Å². The lowest BCUT2D eigenvalue weighted by Gasteiger charge is -2.07. The first kappa shape index (κ1) is 11.2. The summed E-state index contributed by atoms with van der Waals surface area (Å²) in [5, 5.41) is 10.7. The van der Waals surface area contributed by atoms with Crippen LogP contribution in [-0.2, 0) is 6.42 Å². The molecule has 0 N–H and O–H groups in total. The Kier molecular flexibility index (Phi) is 3.63. The summed E-state index contributed by atoms with van der Waals surface area (Å²) in [5.74, 6) is 0. The predicted octanol–water partition coefficient (Wildman–Crippen LogP) is 3.23. The van der Waals surface area contributed by atoms with E-state index >= 15 is 0 Å². The van der Waals surface area contributed by atoms with Gasteiger partial charge in [-0.25, -0.2) is 0 Å². The Labute approximate surface area is 91.4 Å². The lowest BCUT2D eigenvalue weighted by molar-refractivity contribution is -0.385. The van der Waals surface area contributed by atoms with Crippen molar-refractivity contribution in [1.82, 2.24) is 0 Å². The zero-order valence-corrected chi connectivity index (χ0v) is 9.74. The third-order valence-electron chi connectivity index (χ3n) is 2.07. The van der Waals surface area contributed by atoms with Gasteiger partial charge in [0.05, 0.1) is 4.92 Å². The Morgan fingerprint density at radius 2 is 2.21 bits per heavy atom. The quantitative estimate of drug-likeness (QED) is 0.474. The zero-order valence-electron chi connectivity index (χ0n) is 8.16. The van der Waals surface area contributed by atoms with Gasteiger partial charge in [0.15, 0.2) is 0 Å². The highest BCUT2D eigenvalue weighted by molar-refractivity contribution is 9.09. The monoisotopic (exact) mass is 257 g/mol. The van der Waals surface area contributed by atoms with Crippen molar-refractivity contribution in [2.75, 3.05) is 0 Å². The van der Waals surface area contributed by atoms with Crippen molar-refractivity contribution in [2.24, 2.45) is 0 Å². The Morgan fingerprint density at radius 3 is 2.71 bits per heavy atom. The van der Waals surface area contributed by atoms with Crippen LogP contribution < -0.4 is 0 Å². The van der Waals surface area contributed by atoms with Crippen LogP contribution in [0, 0.1) is 17.0 Å². The van der Waals surface area contributed by atoms with Gasteiger partial charge < -0.3 is 0 Å². The lowest BCUT2D eigenvalue weighted by atomic mass is 10.0. The fraction of sp³-hybridized carbons (Fsp3) is 0.400. The molecule has 1 unspecified atom stereocenters. The second-order valence-corrected chi connectivity index (χ2v) is 4.88. The number of hydrogen-bond acceptors (Lipinski definition) is 2. The van der Waals surface area contributed by atoms with Gasteiger partial charge in [0.1, 0.15) is 0 Å². The van der Waals surface area contributed by atoms with Crippen LogP contribution in [0.15, 0.2) is 18.2 Å². The summed E-state index contributed by atoms with van der Waals surface area (Å²) in [6.45, 7) is 3.88. The highest BCUT2D eigenvalue weighted by Gasteiger charge is 2.16. The number of rotatable bonds is 3. The smallest absolute Gasteiger partial charge is 0.258 e. The summed E-state index contributed by atoms with van der Waals surface area (Å²) in [4.78, 5) is 10.7. The zero-order chi connectivity index (χ0) is 10.7. The SMILES string of the molecule is Cc1cccc([N+](=O)[O-])c1CC(C)Br. The number of halogens is 1. The van der Waals surface area contributed by atoms with Gasteiger partial charge in [-0.05, 0) is 18.9 Å². The first-order valence-electron chi connectivity index (χ1n) is 4.39. The molecular weight excluding hydrogens is 246 g/mol. The van der Waals surface area contributed by atoms with E-state index in [1.165, 1.54) is 0 Å². The molecule has 0 aromatic heterocycles. The minimum atomic E-state index is -0.322. The molecule has 1 rings (SSSR count). The van der Waals surface area contributed by atoms with Crippen LogP contribution in [-0.4, -0.2) is 9.75 Å². The Balaban J connectivity index is 3.15. The van der Waals surface area contributed by atoms with Gasteiger partial charge in [-0.2, -0.15) is 0 Å². The highest BCUT2D eigenvalue weighted by atomic mass is 79.9. The number of nitro benzene ring substituents is 1. The largest absolute Gasteiger partial charge is 0.272 e.